The van der Waals surface area contributed by atoms with Crippen molar-refractivity contribution in [1.29, 1.82) is 0 Å². The first-order chi connectivity index (χ1) is 16.8. The number of carboxylic acid groups (broad SMARTS) is 1. The van der Waals surface area contributed by atoms with Gasteiger partial charge in [-0.05, 0) is 46.9 Å². The Bertz CT molecular complexity index is 1230. The van der Waals surface area contributed by atoms with Crippen molar-refractivity contribution < 1.29 is 28.6 Å². The second kappa shape index (κ2) is 10.4. The second-order valence-corrected chi connectivity index (χ2v) is 8.40. The van der Waals surface area contributed by atoms with Gasteiger partial charge in [0, 0.05) is 37.2 Å². The molecule has 0 bridgehead atoms. The van der Waals surface area contributed by atoms with Gasteiger partial charge in [-0.25, -0.2) is 9.18 Å². The largest absolute Gasteiger partial charge is 0.481 e. The van der Waals surface area contributed by atoms with Crippen molar-refractivity contribution >= 4 is 23.7 Å². The minimum absolute atomic E-state index is 0.0387. The molecular formula is C27H25FN2O5. The number of hydrogen-bond donors (Lipinski definition) is 2. The van der Waals surface area contributed by atoms with Crippen LogP contribution in [0.4, 0.5) is 14.9 Å². The van der Waals surface area contributed by atoms with E-state index in [0.29, 0.717) is 0 Å². The molecule has 0 heterocycles. The van der Waals surface area contributed by atoms with E-state index in [9.17, 15) is 18.8 Å². The molecule has 4 rings (SSSR count). The average molecular weight is 477 g/mol. The van der Waals surface area contributed by atoms with Crippen LogP contribution in [0.25, 0.3) is 11.1 Å². The molecule has 3 aromatic rings. The number of carboxylic acids is 1. The van der Waals surface area contributed by atoms with Gasteiger partial charge in [-0.1, -0.05) is 48.5 Å². The molecule has 7 nitrogen and oxygen atoms in total. The number of anilines is 1. The Hall–Kier alpha value is -4.20. The lowest BCUT2D eigenvalue weighted by Gasteiger charge is -2.18. The van der Waals surface area contributed by atoms with Crippen LogP contribution in [0.1, 0.15) is 40.2 Å². The molecule has 0 unspecified atom stereocenters. The first-order valence-corrected chi connectivity index (χ1v) is 11.2. The van der Waals surface area contributed by atoms with Crippen LogP contribution in [0, 0.1) is 5.82 Å². The van der Waals surface area contributed by atoms with Crippen LogP contribution in [-0.2, 0) is 9.53 Å². The number of rotatable bonds is 8. The number of ether oxygens (including phenoxy) is 1. The molecule has 1 aliphatic rings. The molecule has 0 radical (unpaired) electrons. The highest BCUT2D eigenvalue weighted by atomic mass is 19.1. The van der Waals surface area contributed by atoms with E-state index in [0.717, 1.165) is 34.4 Å². The van der Waals surface area contributed by atoms with Crippen molar-refractivity contribution in [2.24, 2.45) is 0 Å². The predicted molar refractivity (Wildman–Crippen MR) is 129 cm³/mol. The third kappa shape index (κ3) is 5.48. The normalized spacial score (nSPS) is 11.9. The topological polar surface area (TPSA) is 95.9 Å². The molecule has 180 valence electrons. The summed E-state index contributed by atoms with van der Waals surface area (Å²) in [7, 11) is 1.51. The van der Waals surface area contributed by atoms with Crippen LogP contribution in [0.15, 0.2) is 66.7 Å². The monoisotopic (exact) mass is 476 g/mol. The number of halogens is 1. The van der Waals surface area contributed by atoms with Crippen molar-refractivity contribution in [1.82, 2.24) is 4.90 Å². The predicted octanol–water partition coefficient (Wildman–Crippen LogP) is 5.12. The summed E-state index contributed by atoms with van der Waals surface area (Å²) in [6.07, 6.45) is -0.557. The van der Waals surface area contributed by atoms with Crippen molar-refractivity contribution in [3.05, 3.63) is 89.2 Å². The molecule has 1 aliphatic carbocycles. The van der Waals surface area contributed by atoms with Crippen LogP contribution < -0.4 is 5.32 Å². The van der Waals surface area contributed by atoms with Crippen LogP contribution >= 0.6 is 0 Å². The lowest BCUT2D eigenvalue weighted by Crippen LogP contribution is -2.28. The van der Waals surface area contributed by atoms with E-state index < -0.39 is 23.8 Å². The Kier molecular flexibility index (Phi) is 7.10. The summed E-state index contributed by atoms with van der Waals surface area (Å²) < 4.78 is 19.7. The first kappa shape index (κ1) is 23.9. The lowest BCUT2D eigenvalue weighted by molar-refractivity contribution is -0.137. The summed E-state index contributed by atoms with van der Waals surface area (Å²) in [6.45, 7) is 0.310. The second-order valence-electron chi connectivity index (χ2n) is 8.40. The van der Waals surface area contributed by atoms with Crippen LogP contribution in [0.3, 0.4) is 0 Å². The van der Waals surface area contributed by atoms with Gasteiger partial charge in [-0.2, -0.15) is 0 Å². The molecular weight excluding hydrogens is 451 g/mol. The molecule has 0 aliphatic heterocycles. The Morgan fingerprint density at radius 1 is 1.00 bits per heavy atom. The summed E-state index contributed by atoms with van der Waals surface area (Å²) in [5.74, 6) is -2.24. The molecule has 0 fully saturated rings. The van der Waals surface area contributed by atoms with E-state index in [1.807, 2.05) is 48.5 Å². The van der Waals surface area contributed by atoms with Crippen LogP contribution in [0.2, 0.25) is 0 Å². The SMILES string of the molecule is CN(CCCC(=O)O)C(=O)c1cc(F)cc(NC(=O)OCC2c3ccccc3-c3ccccc32)c1. The molecule has 0 saturated carbocycles. The Labute approximate surface area is 202 Å². The van der Waals surface area contributed by atoms with Gasteiger partial charge >= 0.3 is 12.1 Å². The summed E-state index contributed by atoms with van der Waals surface area (Å²) in [5, 5.41) is 11.2. The van der Waals surface area contributed by atoms with E-state index in [1.54, 1.807) is 0 Å². The summed E-state index contributed by atoms with van der Waals surface area (Å²) >= 11 is 0. The molecule has 0 atom stereocenters. The molecule has 0 spiro atoms. The van der Waals surface area contributed by atoms with E-state index in [4.69, 9.17) is 9.84 Å². The number of amides is 2. The quantitative estimate of drug-likeness (QED) is 0.470. The number of aliphatic carboxylic acids is 1. The number of nitrogens with one attached hydrogen (secondary N) is 1. The Balaban J connectivity index is 1.40. The highest BCUT2D eigenvalue weighted by Gasteiger charge is 2.29. The molecule has 0 aromatic heterocycles. The maximum atomic E-state index is 14.2. The molecule has 35 heavy (non-hydrogen) atoms. The van der Waals surface area contributed by atoms with E-state index >= 15 is 0 Å². The average Bonchev–Trinajstić information content (AvgIpc) is 3.15. The van der Waals surface area contributed by atoms with Gasteiger partial charge in [-0.15, -0.1) is 0 Å². The van der Waals surface area contributed by atoms with E-state index in [-0.39, 0.29) is 43.2 Å². The van der Waals surface area contributed by atoms with Gasteiger partial charge < -0.3 is 14.7 Å². The lowest BCUT2D eigenvalue weighted by atomic mass is 9.98. The van der Waals surface area contributed by atoms with E-state index in [1.165, 1.54) is 18.0 Å². The molecule has 3 aromatic carbocycles. The van der Waals surface area contributed by atoms with Gasteiger partial charge in [-0.3, -0.25) is 14.9 Å². The fraction of sp³-hybridized carbons (Fsp3) is 0.222. The number of fused-ring (bicyclic) bond motifs is 3. The minimum Gasteiger partial charge on any atom is -0.481 e. The number of carbonyl (C=O) groups excluding carboxylic acids is 2. The fourth-order valence-corrected chi connectivity index (χ4v) is 4.33. The fourth-order valence-electron chi connectivity index (χ4n) is 4.33. The van der Waals surface area contributed by atoms with Crippen molar-refractivity contribution in [2.45, 2.75) is 18.8 Å². The zero-order valence-electron chi connectivity index (χ0n) is 19.2. The van der Waals surface area contributed by atoms with Gasteiger partial charge in [0.15, 0.2) is 0 Å². The first-order valence-electron chi connectivity index (χ1n) is 11.2. The summed E-state index contributed by atoms with van der Waals surface area (Å²) in [5.41, 5.74) is 4.49. The van der Waals surface area contributed by atoms with Gasteiger partial charge in [0.05, 0.1) is 0 Å². The van der Waals surface area contributed by atoms with Crippen molar-refractivity contribution in [2.75, 3.05) is 25.5 Å². The van der Waals surface area contributed by atoms with Gasteiger partial charge in [0.1, 0.15) is 12.4 Å². The number of nitrogens with zero attached hydrogens (tertiary/aromatic N) is 1. The van der Waals surface area contributed by atoms with Crippen molar-refractivity contribution in [3.8, 4) is 11.1 Å². The van der Waals surface area contributed by atoms with Gasteiger partial charge in [0.25, 0.3) is 5.91 Å². The highest BCUT2D eigenvalue weighted by Crippen LogP contribution is 2.44. The van der Waals surface area contributed by atoms with Gasteiger partial charge in [0.2, 0.25) is 0 Å². The number of carbonyl (C=O) groups is 3. The number of hydrogen-bond acceptors (Lipinski definition) is 4. The molecule has 2 amide bonds. The third-order valence-corrected chi connectivity index (χ3v) is 5.97. The molecule has 0 saturated heterocycles. The maximum Gasteiger partial charge on any atom is 0.411 e. The zero-order chi connectivity index (χ0) is 24.9. The molecule has 2 N–H and O–H groups in total. The standard InChI is InChI=1S/C27H25FN2O5/c1-30(12-6-11-25(31)32)26(33)17-13-18(28)15-19(14-17)29-27(34)35-16-24-22-9-4-2-7-20(22)21-8-3-5-10-23(21)24/h2-5,7-10,13-15,24H,6,11-12,16H2,1H3,(H,29,34)(H,31,32). The Morgan fingerprint density at radius 3 is 2.26 bits per heavy atom. The highest BCUT2D eigenvalue weighted by molar-refractivity contribution is 5.96. The van der Waals surface area contributed by atoms with Crippen molar-refractivity contribution in [3.63, 3.8) is 0 Å². The summed E-state index contributed by atoms with van der Waals surface area (Å²) in [4.78, 5) is 37.1. The molecule has 8 heteroatoms. The zero-order valence-corrected chi connectivity index (χ0v) is 19.2. The summed E-state index contributed by atoms with van der Waals surface area (Å²) in [6, 6.07) is 19.5. The third-order valence-electron chi connectivity index (χ3n) is 5.97. The Morgan fingerprint density at radius 2 is 1.63 bits per heavy atom. The number of benzene rings is 3. The smallest absolute Gasteiger partial charge is 0.411 e. The van der Waals surface area contributed by atoms with Crippen LogP contribution in [-0.4, -0.2) is 48.2 Å². The van der Waals surface area contributed by atoms with E-state index in [2.05, 4.69) is 5.32 Å². The minimum atomic E-state index is -0.953. The van der Waals surface area contributed by atoms with Crippen LogP contribution in [0.5, 0.6) is 0 Å². The maximum absolute atomic E-state index is 14.2.